The summed E-state index contributed by atoms with van der Waals surface area (Å²) in [5, 5.41) is 0. The lowest BCUT2D eigenvalue weighted by Crippen LogP contribution is -2.46. The van der Waals surface area contributed by atoms with Crippen molar-refractivity contribution in [3.05, 3.63) is 30.1 Å². The Labute approximate surface area is 117 Å². The summed E-state index contributed by atoms with van der Waals surface area (Å²) in [5.41, 5.74) is 6.92. The van der Waals surface area contributed by atoms with Crippen LogP contribution in [-0.4, -0.2) is 34.7 Å². The molecule has 0 saturated heterocycles. The van der Waals surface area contributed by atoms with Gasteiger partial charge in [-0.15, -0.1) is 0 Å². The highest BCUT2D eigenvalue weighted by Crippen LogP contribution is 2.38. The summed E-state index contributed by atoms with van der Waals surface area (Å²) in [7, 11) is 0. The quantitative estimate of drug-likeness (QED) is 0.874. The summed E-state index contributed by atoms with van der Waals surface area (Å²) >= 11 is 0. The minimum Gasteiger partial charge on any atom is -0.326 e. The van der Waals surface area contributed by atoms with E-state index in [0.29, 0.717) is 6.42 Å². The number of rotatable bonds is 6. The molecular weight excluding hydrogens is 267 g/mol. The van der Waals surface area contributed by atoms with E-state index >= 15 is 0 Å². The first-order valence-electron chi connectivity index (χ1n) is 6.90. The van der Waals surface area contributed by atoms with Crippen LogP contribution in [0.4, 0.5) is 13.2 Å². The molecule has 1 aliphatic rings. The van der Waals surface area contributed by atoms with Crippen molar-refractivity contribution in [3.8, 4) is 0 Å². The molecule has 0 aromatic carbocycles. The van der Waals surface area contributed by atoms with Crippen LogP contribution in [0, 0.1) is 0 Å². The van der Waals surface area contributed by atoms with Gasteiger partial charge in [-0.3, -0.25) is 9.88 Å². The maximum Gasteiger partial charge on any atom is 0.401 e. The average molecular weight is 287 g/mol. The van der Waals surface area contributed by atoms with E-state index in [1.807, 2.05) is 6.92 Å². The van der Waals surface area contributed by atoms with Crippen LogP contribution >= 0.6 is 0 Å². The van der Waals surface area contributed by atoms with Gasteiger partial charge >= 0.3 is 6.18 Å². The van der Waals surface area contributed by atoms with Gasteiger partial charge in [0.15, 0.2) is 0 Å². The van der Waals surface area contributed by atoms with Gasteiger partial charge < -0.3 is 5.73 Å². The van der Waals surface area contributed by atoms with Crippen LogP contribution in [0.15, 0.2) is 24.5 Å². The van der Waals surface area contributed by atoms with Crippen molar-refractivity contribution in [3.63, 3.8) is 0 Å². The second-order valence-electron chi connectivity index (χ2n) is 5.32. The normalized spacial score (nSPS) is 19.1. The fraction of sp³-hybridized carbons (Fsp3) is 0.643. The van der Waals surface area contributed by atoms with Gasteiger partial charge in [-0.1, -0.05) is 6.92 Å². The molecule has 1 fully saturated rings. The predicted molar refractivity (Wildman–Crippen MR) is 71.0 cm³/mol. The lowest BCUT2D eigenvalue weighted by molar-refractivity contribution is -0.153. The highest BCUT2D eigenvalue weighted by atomic mass is 19.4. The van der Waals surface area contributed by atoms with Crippen LogP contribution in [0.1, 0.15) is 37.8 Å². The SMILES string of the molecule is CCC(N)C(c1ccncc1)N(CC(F)(F)F)C1CC1. The molecule has 1 aromatic rings. The smallest absolute Gasteiger partial charge is 0.326 e. The summed E-state index contributed by atoms with van der Waals surface area (Å²) < 4.78 is 38.5. The third-order valence-electron chi connectivity index (χ3n) is 3.66. The fourth-order valence-electron chi connectivity index (χ4n) is 2.54. The molecule has 1 aliphatic carbocycles. The molecule has 1 heterocycles. The van der Waals surface area contributed by atoms with Crippen molar-refractivity contribution in [1.29, 1.82) is 0 Å². The molecule has 0 spiro atoms. The van der Waals surface area contributed by atoms with Gasteiger partial charge in [0, 0.05) is 24.5 Å². The number of nitrogens with two attached hydrogens (primary N) is 1. The van der Waals surface area contributed by atoms with Gasteiger partial charge in [0.25, 0.3) is 0 Å². The van der Waals surface area contributed by atoms with Crippen LogP contribution < -0.4 is 5.73 Å². The summed E-state index contributed by atoms with van der Waals surface area (Å²) in [4.78, 5) is 5.44. The molecule has 3 nitrogen and oxygen atoms in total. The maximum absolute atomic E-state index is 12.8. The lowest BCUT2D eigenvalue weighted by Gasteiger charge is -2.36. The van der Waals surface area contributed by atoms with Crippen molar-refractivity contribution in [2.45, 2.75) is 50.5 Å². The zero-order valence-corrected chi connectivity index (χ0v) is 11.5. The van der Waals surface area contributed by atoms with Crippen molar-refractivity contribution in [2.75, 3.05) is 6.54 Å². The highest BCUT2D eigenvalue weighted by molar-refractivity contribution is 5.18. The standard InChI is InChI=1S/C14H20F3N3/c1-2-12(18)13(10-5-7-19-8-6-10)20(11-3-4-11)9-14(15,16)17/h5-8,11-13H,2-4,9,18H2,1H3. The van der Waals surface area contributed by atoms with Crippen LogP contribution in [0.2, 0.25) is 0 Å². The molecule has 0 amide bonds. The van der Waals surface area contributed by atoms with Gasteiger partial charge in [0.1, 0.15) is 0 Å². The molecule has 112 valence electrons. The van der Waals surface area contributed by atoms with E-state index in [1.54, 1.807) is 24.5 Å². The van der Waals surface area contributed by atoms with Gasteiger partial charge in [-0.2, -0.15) is 13.2 Å². The summed E-state index contributed by atoms with van der Waals surface area (Å²) in [6.07, 6.45) is 1.25. The molecular formula is C14H20F3N3. The van der Waals surface area contributed by atoms with Crippen molar-refractivity contribution >= 4 is 0 Å². The molecule has 0 aliphatic heterocycles. The minimum absolute atomic E-state index is 0.00705. The summed E-state index contributed by atoms with van der Waals surface area (Å²) in [6, 6.07) is 2.78. The number of hydrogen-bond donors (Lipinski definition) is 1. The van der Waals surface area contributed by atoms with E-state index < -0.39 is 18.8 Å². The van der Waals surface area contributed by atoms with Crippen molar-refractivity contribution in [1.82, 2.24) is 9.88 Å². The molecule has 20 heavy (non-hydrogen) atoms. The highest BCUT2D eigenvalue weighted by Gasteiger charge is 2.43. The number of hydrogen-bond acceptors (Lipinski definition) is 3. The average Bonchev–Trinajstić information content (AvgIpc) is 3.21. The molecule has 1 aromatic heterocycles. The Balaban J connectivity index is 2.28. The van der Waals surface area contributed by atoms with Crippen LogP contribution in [0.25, 0.3) is 0 Å². The Kier molecular flexibility index (Phi) is 4.65. The number of nitrogens with zero attached hydrogens (tertiary/aromatic N) is 2. The fourth-order valence-corrected chi connectivity index (χ4v) is 2.54. The van der Waals surface area contributed by atoms with Gasteiger partial charge in [0.05, 0.1) is 12.6 Å². The Morgan fingerprint density at radius 1 is 1.35 bits per heavy atom. The van der Waals surface area contributed by atoms with Gasteiger partial charge in [-0.25, -0.2) is 0 Å². The van der Waals surface area contributed by atoms with E-state index in [9.17, 15) is 13.2 Å². The molecule has 0 radical (unpaired) electrons. The lowest BCUT2D eigenvalue weighted by atomic mass is 9.97. The number of halogens is 3. The summed E-state index contributed by atoms with van der Waals surface area (Å²) in [6.45, 7) is 0.996. The monoisotopic (exact) mass is 287 g/mol. The third kappa shape index (κ3) is 3.93. The summed E-state index contributed by atoms with van der Waals surface area (Å²) in [5.74, 6) is 0. The first kappa shape index (κ1) is 15.3. The largest absolute Gasteiger partial charge is 0.401 e. The first-order valence-corrected chi connectivity index (χ1v) is 6.90. The molecule has 2 atom stereocenters. The minimum atomic E-state index is -4.21. The van der Waals surface area contributed by atoms with Crippen molar-refractivity contribution in [2.24, 2.45) is 5.73 Å². The van der Waals surface area contributed by atoms with E-state index in [0.717, 1.165) is 18.4 Å². The van der Waals surface area contributed by atoms with Crippen molar-refractivity contribution < 1.29 is 13.2 Å². The Hall–Kier alpha value is -1.14. The van der Waals surface area contributed by atoms with E-state index in [4.69, 9.17) is 5.73 Å². The van der Waals surface area contributed by atoms with Gasteiger partial charge in [0.2, 0.25) is 0 Å². The van der Waals surface area contributed by atoms with Crippen LogP contribution in [0.3, 0.4) is 0 Å². The maximum atomic E-state index is 12.8. The van der Waals surface area contributed by atoms with E-state index in [1.165, 1.54) is 4.90 Å². The second-order valence-corrected chi connectivity index (χ2v) is 5.32. The molecule has 2 unspecified atom stereocenters. The predicted octanol–water partition coefficient (Wildman–Crippen LogP) is 2.89. The Morgan fingerprint density at radius 3 is 2.40 bits per heavy atom. The molecule has 2 rings (SSSR count). The Bertz CT molecular complexity index is 417. The zero-order valence-electron chi connectivity index (χ0n) is 11.5. The number of aromatic nitrogens is 1. The van der Waals surface area contributed by atoms with E-state index in [2.05, 4.69) is 4.98 Å². The first-order chi connectivity index (χ1) is 9.42. The molecule has 2 N–H and O–H groups in total. The van der Waals surface area contributed by atoms with Crippen LogP contribution in [0.5, 0.6) is 0 Å². The Morgan fingerprint density at radius 2 is 1.95 bits per heavy atom. The molecule has 0 bridgehead atoms. The molecule has 6 heteroatoms. The van der Waals surface area contributed by atoms with Crippen LogP contribution in [-0.2, 0) is 0 Å². The topological polar surface area (TPSA) is 42.1 Å². The molecule has 1 saturated carbocycles. The number of pyridine rings is 1. The second kappa shape index (κ2) is 6.10. The number of alkyl halides is 3. The zero-order chi connectivity index (χ0) is 14.8. The van der Waals surface area contributed by atoms with E-state index in [-0.39, 0.29) is 12.1 Å². The van der Waals surface area contributed by atoms with Gasteiger partial charge in [-0.05, 0) is 37.0 Å². The third-order valence-corrected chi connectivity index (χ3v) is 3.66.